The molecule has 10 heavy (non-hydrogen) atoms. The van der Waals surface area contributed by atoms with Crippen LogP contribution in [0.1, 0.15) is 6.42 Å². The number of rotatable bonds is 5. The molecule has 0 saturated heterocycles. The van der Waals surface area contributed by atoms with Crippen molar-refractivity contribution < 1.29 is 4.79 Å². The van der Waals surface area contributed by atoms with Gasteiger partial charge < -0.3 is 0 Å². The average molecular weight is 158 g/mol. The van der Waals surface area contributed by atoms with E-state index in [2.05, 4.69) is 6.82 Å². The van der Waals surface area contributed by atoms with Crippen LogP contribution in [-0.4, -0.2) is 19.8 Å². The van der Waals surface area contributed by atoms with Gasteiger partial charge in [0.1, 0.15) is 14.6 Å². The van der Waals surface area contributed by atoms with Gasteiger partial charge in [0.25, 0.3) is 0 Å². The van der Waals surface area contributed by atoms with Crippen molar-refractivity contribution in [2.24, 2.45) is 0 Å². The van der Waals surface area contributed by atoms with Gasteiger partial charge in [0.15, 0.2) is 0 Å². The summed E-state index contributed by atoms with van der Waals surface area (Å²) in [5.41, 5.74) is 0. The van der Waals surface area contributed by atoms with Gasteiger partial charge in [-0.25, -0.2) is 0 Å². The second-order valence-corrected chi connectivity index (χ2v) is 2.92. The van der Waals surface area contributed by atoms with E-state index in [0.717, 1.165) is 27.3 Å². The Morgan fingerprint density at radius 1 is 1.60 bits per heavy atom. The Labute approximate surface area is 69.0 Å². The molecule has 0 amide bonds. The fraction of sp³-hybridized carbons (Fsp3) is 0.833. The van der Waals surface area contributed by atoms with Crippen LogP contribution < -0.4 is 0 Å². The minimum atomic E-state index is -0.170. The zero-order valence-corrected chi connectivity index (χ0v) is 7.45. The molecule has 56 valence electrons. The van der Waals surface area contributed by atoms with E-state index < -0.39 is 0 Å². The standard InChI is InChI=1S/C6H13B2ClO/c1-7-4-3-5(8-2)6(9)10/h5,7-8H,3-4H2,1-2H3. The molecule has 0 aliphatic heterocycles. The molecule has 0 heterocycles. The number of halogens is 1. The second-order valence-electron chi connectivity index (χ2n) is 2.55. The van der Waals surface area contributed by atoms with Crippen LogP contribution in [-0.2, 0) is 4.79 Å². The summed E-state index contributed by atoms with van der Waals surface area (Å²) >= 11 is 5.34. The molecule has 4 heteroatoms. The van der Waals surface area contributed by atoms with Crippen LogP contribution in [0.4, 0.5) is 0 Å². The Balaban J connectivity index is 3.50. The smallest absolute Gasteiger partial charge is 0.217 e. The molecule has 0 saturated carbocycles. The summed E-state index contributed by atoms with van der Waals surface area (Å²) in [6.07, 6.45) is 2.06. The first kappa shape index (κ1) is 10.1. The molecule has 0 rings (SSSR count). The van der Waals surface area contributed by atoms with Crippen molar-refractivity contribution in [3.63, 3.8) is 0 Å². The quantitative estimate of drug-likeness (QED) is 0.435. The maximum atomic E-state index is 10.6. The first-order chi connectivity index (χ1) is 4.72. The highest BCUT2D eigenvalue weighted by Crippen LogP contribution is 2.15. The predicted molar refractivity (Wildman–Crippen MR) is 50.1 cm³/mol. The van der Waals surface area contributed by atoms with Crippen LogP contribution in [0.25, 0.3) is 0 Å². The lowest BCUT2D eigenvalue weighted by molar-refractivity contribution is -0.111. The Morgan fingerprint density at radius 3 is 2.50 bits per heavy atom. The fourth-order valence-electron chi connectivity index (χ4n) is 0.929. The third-order valence-electron chi connectivity index (χ3n) is 1.72. The van der Waals surface area contributed by atoms with E-state index in [1.54, 1.807) is 0 Å². The van der Waals surface area contributed by atoms with E-state index in [9.17, 15) is 4.79 Å². The summed E-state index contributed by atoms with van der Waals surface area (Å²) in [5, 5.41) is -0.170. The molecule has 1 atom stereocenters. The number of hydrogen-bond acceptors (Lipinski definition) is 1. The molecule has 1 unspecified atom stereocenters. The SMILES string of the molecule is CBCCC(BC)C(=O)Cl. The van der Waals surface area contributed by atoms with Crippen molar-refractivity contribution in [1.82, 2.24) is 0 Å². The molecule has 0 fully saturated rings. The molecule has 0 aromatic rings. The minimum Gasteiger partial charge on any atom is -0.282 e. The summed E-state index contributed by atoms with van der Waals surface area (Å²) in [7, 11) is 2.02. The summed E-state index contributed by atoms with van der Waals surface area (Å²) in [4.78, 5) is 10.6. The van der Waals surface area contributed by atoms with Crippen LogP contribution in [0.5, 0.6) is 0 Å². The van der Waals surface area contributed by atoms with Crippen molar-refractivity contribution in [3.05, 3.63) is 0 Å². The average Bonchev–Trinajstić information content (AvgIpc) is 1.89. The molecular weight excluding hydrogens is 145 g/mol. The van der Waals surface area contributed by atoms with E-state index in [-0.39, 0.29) is 11.1 Å². The van der Waals surface area contributed by atoms with E-state index in [1.165, 1.54) is 0 Å². The van der Waals surface area contributed by atoms with Crippen LogP contribution >= 0.6 is 11.6 Å². The second kappa shape index (κ2) is 5.84. The first-order valence-corrected chi connectivity index (χ1v) is 4.29. The zero-order chi connectivity index (χ0) is 7.98. The normalized spacial score (nSPS) is 12.3. The lowest BCUT2D eigenvalue weighted by Crippen LogP contribution is -2.07. The van der Waals surface area contributed by atoms with Gasteiger partial charge in [0.05, 0.1) is 0 Å². The maximum Gasteiger partial charge on any atom is 0.217 e. The van der Waals surface area contributed by atoms with Gasteiger partial charge in [-0.3, -0.25) is 4.79 Å². The highest BCUT2D eigenvalue weighted by molar-refractivity contribution is 6.70. The molecule has 1 nitrogen and oxygen atoms in total. The largest absolute Gasteiger partial charge is 0.282 e. The summed E-state index contributed by atoms with van der Waals surface area (Å²) < 4.78 is 0. The summed E-state index contributed by atoms with van der Waals surface area (Å²) in [6.45, 7) is 4.12. The molecule has 0 aromatic heterocycles. The molecular formula is C6H13B2ClO. The number of carbonyl (C=O) groups excluding carboxylic acids is 1. The third-order valence-corrected chi connectivity index (χ3v) is 2.03. The minimum absolute atomic E-state index is 0.0987. The van der Waals surface area contributed by atoms with Gasteiger partial charge in [0, 0.05) is 5.82 Å². The fourth-order valence-corrected chi connectivity index (χ4v) is 1.19. The van der Waals surface area contributed by atoms with Gasteiger partial charge in [-0.2, -0.15) is 0 Å². The Kier molecular flexibility index (Phi) is 5.90. The van der Waals surface area contributed by atoms with Crippen molar-refractivity contribution >= 4 is 31.4 Å². The van der Waals surface area contributed by atoms with Crippen LogP contribution in [0.15, 0.2) is 0 Å². The molecule has 0 aliphatic carbocycles. The monoisotopic (exact) mass is 158 g/mol. The van der Waals surface area contributed by atoms with Crippen LogP contribution in [0, 0.1) is 0 Å². The van der Waals surface area contributed by atoms with Gasteiger partial charge >= 0.3 is 0 Å². The van der Waals surface area contributed by atoms with E-state index >= 15 is 0 Å². The van der Waals surface area contributed by atoms with Crippen molar-refractivity contribution in [1.29, 1.82) is 0 Å². The topological polar surface area (TPSA) is 17.1 Å². The highest BCUT2D eigenvalue weighted by Gasteiger charge is 2.12. The third kappa shape index (κ3) is 3.99. The van der Waals surface area contributed by atoms with E-state index in [4.69, 9.17) is 11.6 Å². The lowest BCUT2D eigenvalue weighted by atomic mass is 9.62. The molecule has 0 aromatic carbocycles. The Bertz CT molecular complexity index is 108. The number of carbonyl (C=O) groups is 1. The Morgan fingerprint density at radius 2 is 2.20 bits per heavy atom. The molecule has 0 radical (unpaired) electrons. The first-order valence-electron chi connectivity index (χ1n) is 3.91. The van der Waals surface area contributed by atoms with E-state index in [0.29, 0.717) is 0 Å². The molecule has 0 aliphatic rings. The zero-order valence-electron chi connectivity index (χ0n) is 6.69. The van der Waals surface area contributed by atoms with Crippen molar-refractivity contribution in [2.75, 3.05) is 0 Å². The molecule has 0 N–H and O–H groups in total. The maximum absolute atomic E-state index is 10.6. The van der Waals surface area contributed by atoms with Gasteiger partial charge in [-0.15, -0.1) is 0 Å². The summed E-state index contributed by atoms with van der Waals surface area (Å²) in [6, 6.07) is 0. The molecule has 0 spiro atoms. The van der Waals surface area contributed by atoms with E-state index in [1.807, 2.05) is 6.82 Å². The number of hydrogen-bond donors (Lipinski definition) is 0. The predicted octanol–water partition coefficient (Wildman–Crippen LogP) is 1.32. The van der Waals surface area contributed by atoms with Crippen LogP contribution in [0.3, 0.4) is 0 Å². The molecule has 0 bridgehead atoms. The van der Waals surface area contributed by atoms with Crippen molar-refractivity contribution in [3.8, 4) is 0 Å². The van der Waals surface area contributed by atoms with Crippen molar-refractivity contribution in [2.45, 2.75) is 32.2 Å². The van der Waals surface area contributed by atoms with Gasteiger partial charge in [-0.1, -0.05) is 26.4 Å². The van der Waals surface area contributed by atoms with Gasteiger partial charge in [-0.05, 0) is 11.6 Å². The van der Waals surface area contributed by atoms with Crippen LogP contribution in [0.2, 0.25) is 25.8 Å². The highest BCUT2D eigenvalue weighted by atomic mass is 35.5. The Hall–Kier alpha value is 0.0899. The lowest BCUT2D eigenvalue weighted by Gasteiger charge is -2.05. The van der Waals surface area contributed by atoms with Gasteiger partial charge in [0.2, 0.25) is 5.24 Å². The summed E-state index contributed by atoms with van der Waals surface area (Å²) in [5.74, 6) is 0.0987.